The maximum Gasteiger partial charge on any atom is 0.224 e. The van der Waals surface area contributed by atoms with Crippen molar-refractivity contribution in [2.75, 3.05) is 57.4 Å². The van der Waals surface area contributed by atoms with E-state index in [1.807, 2.05) is 41.9 Å². The first kappa shape index (κ1) is 21.4. The largest absolute Gasteiger partial charge is 0.379 e. The van der Waals surface area contributed by atoms with Gasteiger partial charge in [0, 0.05) is 39.3 Å². The smallest absolute Gasteiger partial charge is 0.224 e. The van der Waals surface area contributed by atoms with Crippen LogP contribution in [0.1, 0.15) is 18.5 Å². The van der Waals surface area contributed by atoms with Crippen molar-refractivity contribution in [2.45, 2.75) is 19.8 Å². The van der Waals surface area contributed by atoms with Crippen molar-refractivity contribution in [3.63, 3.8) is 0 Å². The molecule has 0 unspecified atom stereocenters. The predicted octanol–water partition coefficient (Wildman–Crippen LogP) is 2.46. The van der Waals surface area contributed by atoms with Crippen molar-refractivity contribution in [3.8, 4) is 5.69 Å². The van der Waals surface area contributed by atoms with Crippen molar-refractivity contribution in [3.05, 3.63) is 36.0 Å². The Hall–Kier alpha value is -2.49. The number of nitrogens with one attached hydrogen (secondary N) is 1. The average molecular weight is 455 g/mol. The molecule has 32 heavy (non-hydrogen) atoms. The number of piperidine rings is 1. The number of hydrogen-bond donors (Lipinski definition) is 1. The second-order valence-corrected chi connectivity index (χ2v) is 9.49. The van der Waals surface area contributed by atoms with Gasteiger partial charge in [0.25, 0.3) is 0 Å². The number of nitrogens with zero attached hydrogens (tertiary/aromatic N) is 5. The standard InChI is InChI=1S/C23H30N6O2S/c1-17-20-21(29(26-17)19-7-3-2-4-8-19)25-23(32-20)28-10-5-6-18(16-28)22(30)24-9-11-27-12-14-31-15-13-27/h2-4,7-8,18H,5-6,9-16H2,1H3,(H,24,30)/t18-/m1/s1. The Bertz CT molecular complexity index is 1060. The Balaban J connectivity index is 1.24. The van der Waals surface area contributed by atoms with Crippen LogP contribution in [0.25, 0.3) is 16.0 Å². The van der Waals surface area contributed by atoms with E-state index in [0.29, 0.717) is 6.54 Å². The third kappa shape index (κ3) is 4.51. The van der Waals surface area contributed by atoms with Crippen molar-refractivity contribution in [1.29, 1.82) is 0 Å². The lowest BCUT2D eigenvalue weighted by molar-refractivity contribution is -0.125. The molecular formula is C23H30N6O2S. The summed E-state index contributed by atoms with van der Waals surface area (Å²) in [6, 6.07) is 10.1. The molecule has 4 heterocycles. The molecule has 0 radical (unpaired) electrons. The molecule has 0 spiro atoms. The van der Waals surface area contributed by atoms with Gasteiger partial charge in [-0.25, -0.2) is 4.68 Å². The summed E-state index contributed by atoms with van der Waals surface area (Å²) in [6.07, 6.45) is 1.93. The molecule has 5 rings (SSSR count). The van der Waals surface area contributed by atoms with E-state index in [-0.39, 0.29) is 11.8 Å². The SMILES string of the molecule is Cc1nn(-c2ccccc2)c2nc(N3CCC[C@@H](C(=O)NCCN4CCOCC4)C3)sc12. The van der Waals surface area contributed by atoms with E-state index in [4.69, 9.17) is 14.8 Å². The third-order valence-electron chi connectivity index (χ3n) is 6.27. The lowest BCUT2D eigenvalue weighted by atomic mass is 9.97. The second kappa shape index (κ2) is 9.56. The predicted molar refractivity (Wildman–Crippen MR) is 127 cm³/mol. The molecule has 1 atom stereocenters. The van der Waals surface area contributed by atoms with E-state index >= 15 is 0 Å². The van der Waals surface area contributed by atoms with Gasteiger partial charge < -0.3 is 15.0 Å². The number of hydrogen-bond acceptors (Lipinski definition) is 7. The zero-order chi connectivity index (χ0) is 21.9. The Kier molecular flexibility index (Phi) is 6.38. The Morgan fingerprint density at radius 2 is 2.03 bits per heavy atom. The minimum absolute atomic E-state index is 0.00664. The maximum absolute atomic E-state index is 12.8. The van der Waals surface area contributed by atoms with Crippen LogP contribution in [0, 0.1) is 12.8 Å². The number of ether oxygens (including phenoxy) is 1. The molecule has 3 aromatic rings. The van der Waals surface area contributed by atoms with Gasteiger partial charge in [-0.1, -0.05) is 29.5 Å². The number of morpholine rings is 1. The molecule has 2 aromatic heterocycles. The van der Waals surface area contributed by atoms with Gasteiger partial charge >= 0.3 is 0 Å². The maximum atomic E-state index is 12.8. The van der Waals surface area contributed by atoms with Gasteiger partial charge in [0.15, 0.2) is 10.8 Å². The van der Waals surface area contributed by atoms with Crippen LogP contribution in [0.15, 0.2) is 30.3 Å². The number of carbonyl (C=O) groups excluding carboxylic acids is 1. The minimum Gasteiger partial charge on any atom is -0.379 e. The lowest BCUT2D eigenvalue weighted by Gasteiger charge is -2.32. The first-order valence-electron chi connectivity index (χ1n) is 11.4. The van der Waals surface area contributed by atoms with Crippen LogP contribution in [0.3, 0.4) is 0 Å². The molecule has 0 saturated carbocycles. The van der Waals surface area contributed by atoms with Gasteiger partial charge in [-0.2, -0.15) is 10.1 Å². The zero-order valence-electron chi connectivity index (χ0n) is 18.5. The van der Waals surface area contributed by atoms with Gasteiger partial charge in [0.1, 0.15) is 0 Å². The number of thiazole rings is 1. The minimum atomic E-state index is 0.00664. The number of para-hydroxylation sites is 1. The van der Waals surface area contributed by atoms with Crippen molar-refractivity contribution in [1.82, 2.24) is 25.0 Å². The summed E-state index contributed by atoms with van der Waals surface area (Å²) in [5, 5.41) is 8.83. The Morgan fingerprint density at radius 1 is 1.22 bits per heavy atom. The quantitative estimate of drug-likeness (QED) is 0.617. The first-order valence-corrected chi connectivity index (χ1v) is 12.2. The molecule has 0 bridgehead atoms. The topological polar surface area (TPSA) is 75.5 Å². The molecule has 2 fully saturated rings. The molecule has 8 nitrogen and oxygen atoms in total. The van der Waals surface area contributed by atoms with E-state index in [9.17, 15) is 4.79 Å². The summed E-state index contributed by atoms with van der Waals surface area (Å²) in [7, 11) is 0. The summed E-state index contributed by atoms with van der Waals surface area (Å²) in [5.41, 5.74) is 2.89. The zero-order valence-corrected chi connectivity index (χ0v) is 19.3. The number of carbonyl (C=O) groups is 1. The van der Waals surface area contributed by atoms with Crippen LogP contribution in [0.5, 0.6) is 0 Å². The first-order chi connectivity index (χ1) is 15.7. The molecule has 1 aromatic carbocycles. The van der Waals surface area contributed by atoms with E-state index in [2.05, 4.69) is 15.1 Å². The summed E-state index contributed by atoms with van der Waals surface area (Å²) in [6.45, 7) is 8.74. The van der Waals surface area contributed by atoms with Crippen molar-refractivity contribution < 1.29 is 9.53 Å². The van der Waals surface area contributed by atoms with Crippen molar-refractivity contribution in [2.24, 2.45) is 5.92 Å². The number of anilines is 1. The van der Waals surface area contributed by atoms with Crippen LogP contribution in [-0.4, -0.2) is 78.1 Å². The van der Waals surface area contributed by atoms with E-state index in [0.717, 1.165) is 85.6 Å². The number of rotatable bonds is 6. The normalized spacial score (nSPS) is 20.0. The highest BCUT2D eigenvalue weighted by Crippen LogP contribution is 2.34. The van der Waals surface area contributed by atoms with Crippen molar-refractivity contribution >= 4 is 32.7 Å². The highest BCUT2D eigenvalue weighted by Gasteiger charge is 2.28. The fourth-order valence-corrected chi connectivity index (χ4v) is 5.50. The molecule has 2 saturated heterocycles. The fourth-order valence-electron chi connectivity index (χ4n) is 4.48. The molecule has 2 aliphatic heterocycles. The molecule has 170 valence electrons. The third-order valence-corrected chi connectivity index (χ3v) is 7.49. The van der Waals surface area contributed by atoms with Gasteiger partial charge in [-0.15, -0.1) is 0 Å². The van der Waals surface area contributed by atoms with Crippen LogP contribution >= 0.6 is 11.3 Å². The average Bonchev–Trinajstić information content (AvgIpc) is 3.41. The molecular weight excluding hydrogens is 424 g/mol. The molecule has 1 N–H and O–H groups in total. The highest BCUT2D eigenvalue weighted by atomic mass is 32.1. The van der Waals surface area contributed by atoms with E-state index in [1.165, 1.54) is 0 Å². The van der Waals surface area contributed by atoms with Gasteiger partial charge in [-0.3, -0.25) is 9.69 Å². The number of fused-ring (bicyclic) bond motifs is 1. The van der Waals surface area contributed by atoms with Gasteiger partial charge in [0.05, 0.1) is 35.2 Å². The summed E-state index contributed by atoms with van der Waals surface area (Å²) < 4.78 is 8.42. The Morgan fingerprint density at radius 3 is 2.84 bits per heavy atom. The van der Waals surface area contributed by atoms with Gasteiger partial charge in [0.2, 0.25) is 5.91 Å². The summed E-state index contributed by atoms with van der Waals surface area (Å²) in [4.78, 5) is 22.4. The Labute approximate surface area is 192 Å². The van der Waals surface area contributed by atoms with E-state index in [1.54, 1.807) is 11.3 Å². The monoisotopic (exact) mass is 454 g/mol. The lowest BCUT2D eigenvalue weighted by Crippen LogP contribution is -2.46. The fraction of sp³-hybridized carbons (Fsp3) is 0.522. The second-order valence-electron chi connectivity index (χ2n) is 8.51. The van der Waals surface area contributed by atoms with Gasteiger partial charge in [-0.05, 0) is 31.9 Å². The van der Waals surface area contributed by atoms with Crippen LogP contribution in [0.4, 0.5) is 5.13 Å². The van der Waals surface area contributed by atoms with Crippen LogP contribution < -0.4 is 10.2 Å². The summed E-state index contributed by atoms with van der Waals surface area (Å²) >= 11 is 1.68. The molecule has 0 aliphatic carbocycles. The molecule has 1 amide bonds. The number of benzene rings is 1. The van der Waals surface area contributed by atoms with E-state index < -0.39 is 0 Å². The number of aromatic nitrogens is 3. The number of aryl methyl sites for hydroxylation is 1. The van der Waals surface area contributed by atoms with Crippen LogP contribution in [0.2, 0.25) is 0 Å². The van der Waals surface area contributed by atoms with Crippen LogP contribution in [-0.2, 0) is 9.53 Å². The summed E-state index contributed by atoms with van der Waals surface area (Å²) in [5.74, 6) is 0.169. The molecule has 2 aliphatic rings. The number of amides is 1. The highest BCUT2D eigenvalue weighted by molar-refractivity contribution is 7.22. The molecule has 9 heteroatoms.